The number of piperazine rings is 1. The molecule has 10 heteroatoms. The Labute approximate surface area is 201 Å². The topological polar surface area (TPSA) is 113 Å². The van der Waals surface area contributed by atoms with Gasteiger partial charge in [-0.05, 0) is 42.5 Å². The first kappa shape index (κ1) is 24.4. The van der Waals surface area contributed by atoms with Crippen LogP contribution in [0.2, 0.25) is 0 Å². The summed E-state index contributed by atoms with van der Waals surface area (Å²) in [5.41, 5.74) is 1.65. The van der Waals surface area contributed by atoms with Crippen molar-refractivity contribution in [3.63, 3.8) is 0 Å². The molecule has 184 valence electrons. The fourth-order valence-corrected chi connectivity index (χ4v) is 5.20. The molecule has 1 aromatic carbocycles. The highest BCUT2D eigenvalue weighted by atomic mass is 32.2. The Morgan fingerprint density at radius 3 is 2.62 bits per heavy atom. The van der Waals surface area contributed by atoms with Gasteiger partial charge < -0.3 is 20.3 Å². The molecule has 0 aliphatic carbocycles. The Bertz CT molecular complexity index is 1090. The van der Waals surface area contributed by atoms with Crippen LogP contribution in [-0.4, -0.2) is 64.7 Å². The van der Waals surface area contributed by atoms with Gasteiger partial charge in [-0.3, -0.25) is 9.52 Å². The summed E-state index contributed by atoms with van der Waals surface area (Å²) in [6.45, 7) is 8.25. The number of sulfonamides is 1. The third-order valence-corrected chi connectivity index (χ3v) is 7.55. The van der Waals surface area contributed by atoms with Gasteiger partial charge >= 0.3 is 0 Å². The molecule has 2 aromatic rings. The van der Waals surface area contributed by atoms with Crippen molar-refractivity contribution in [3.05, 3.63) is 47.7 Å². The zero-order valence-corrected chi connectivity index (χ0v) is 20.5. The lowest BCUT2D eigenvalue weighted by molar-refractivity contribution is 0.0858. The van der Waals surface area contributed by atoms with E-state index in [0.717, 1.165) is 31.5 Å². The number of nitrogens with zero attached hydrogens (tertiary/aromatic N) is 2. The molecule has 2 aliphatic heterocycles. The SMILES string of the molecule is CC(C)c1ccc(S(=O)(=O)Nc2cnc(N3CCNCC3)c(C(=O)NC[C@@H]3CCCO3)c2)cc1. The largest absolute Gasteiger partial charge is 0.376 e. The number of aromatic nitrogens is 1. The number of hydrogen-bond donors (Lipinski definition) is 3. The third-order valence-electron chi connectivity index (χ3n) is 6.15. The maximum atomic E-state index is 13.1. The molecule has 9 nitrogen and oxygen atoms in total. The second-order valence-corrected chi connectivity index (χ2v) is 10.7. The van der Waals surface area contributed by atoms with Gasteiger partial charge in [-0.1, -0.05) is 26.0 Å². The van der Waals surface area contributed by atoms with Gasteiger partial charge in [-0.15, -0.1) is 0 Å². The molecule has 0 saturated carbocycles. The Kier molecular flexibility index (Phi) is 7.70. The summed E-state index contributed by atoms with van der Waals surface area (Å²) in [6, 6.07) is 8.38. The molecular formula is C24H33N5O4S. The summed E-state index contributed by atoms with van der Waals surface area (Å²) in [5, 5.41) is 6.22. The number of benzene rings is 1. The van der Waals surface area contributed by atoms with Crippen molar-refractivity contribution >= 4 is 27.4 Å². The molecule has 3 N–H and O–H groups in total. The number of hydrogen-bond acceptors (Lipinski definition) is 7. The van der Waals surface area contributed by atoms with E-state index in [-0.39, 0.29) is 22.6 Å². The lowest BCUT2D eigenvalue weighted by Gasteiger charge is -2.30. The molecule has 0 bridgehead atoms. The first-order valence-electron chi connectivity index (χ1n) is 11.8. The van der Waals surface area contributed by atoms with Crippen molar-refractivity contribution in [1.29, 1.82) is 0 Å². The van der Waals surface area contributed by atoms with Gasteiger partial charge in [-0.2, -0.15) is 0 Å². The normalized spacial score (nSPS) is 18.8. The molecule has 2 aliphatic rings. The van der Waals surface area contributed by atoms with Crippen molar-refractivity contribution in [1.82, 2.24) is 15.6 Å². The lowest BCUT2D eigenvalue weighted by atomic mass is 10.0. The fraction of sp³-hybridized carbons (Fsp3) is 0.500. The van der Waals surface area contributed by atoms with Gasteiger partial charge in [0.1, 0.15) is 5.82 Å². The maximum absolute atomic E-state index is 13.1. The van der Waals surface area contributed by atoms with Gasteiger partial charge in [0.15, 0.2) is 0 Å². The molecule has 34 heavy (non-hydrogen) atoms. The Balaban J connectivity index is 1.57. The first-order chi connectivity index (χ1) is 16.3. The van der Waals surface area contributed by atoms with Gasteiger partial charge in [-0.25, -0.2) is 13.4 Å². The van der Waals surface area contributed by atoms with Crippen LogP contribution in [0.5, 0.6) is 0 Å². The lowest BCUT2D eigenvalue weighted by Crippen LogP contribution is -2.45. The van der Waals surface area contributed by atoms with Crippen LogP contribution >= 0.6 is 0 Å². The number of carbonyl (C=O) groups excluding carboxylic acids is 1. The van der Waals surface area contributed by atoms with Gasteiger partial charge in [0.05, 0.1) is 28.4 Å². The number of anilines is 2. The van der Waals surface area contributed by atoms with Crippen LogP contribution in [0.4, 0.5) is 11.5 Å². The van der Waals surface area contributed by atoms with E-state index in [9.17, 15) is 13.2 Å². The van der Waals surface area contributed by atoms with Gasteiger partial charge in [0.2, 0.25) is 0 Å². The molecule has 2 fully saturated rings. The number of carbonyl (C=O) groups is 1. The Morgan fingerprint density at radius 2 is 1.97 bits per heavy atom. The molecule has 4 rings (SSSR count). The van der Waals surface area contributed by atoms with Crippen LogP contribution in [-0.2, 0) is 14.8 Å². The van der Waals surface area contributed by atoms with E-state index >= 15 is 0 Å². The molecule has 1 aromatic heterocycles. The standard InChI is InChI=1S/C24H33N5O4S/c1-17(2)18-5-7-21(8-6-18)34(31,32)28-19-14-22(24(30)27-16-20-4-3-13-33-20)23(26-15-19)29-11-9-25-10-12-29/h5-8,14-15,17,20,25,28H,3-4,9-13,16H2,1-2H3,(H,27,30)/t20-/m0/s1. The summed E-state index contributed by atoms with van der Waals surface area (Å²) in [7, 11) is -3.83. The highest BCUT2D eigenvalue weighted by Crippen LogP contribution is 2.25. The average Bonchev–Trinajstić information content (AvgIpc) is 3.36. The van der Waals surface area contributed by atoms with Crippen molar-refractivity contribution in [2.75, 3.05) is 49.0 Å². The molecule has 0 spiro atoms. The highest BCUT2D eigenvalue weighted by molar-refractivity contribution is 7.92. The molecular weight excluding hydrogens is 454 g/mol. The van der Waals surface area contributed by atoms with E-state index in [4.69, 9.17) is 4.74 Å². The van der Waals surface area contributed by atoms with Crippen LogP contribution in [0.3, 0.4) is 0 Å². The van der Waals surface area contributed by atoms with Crippen molar-refractivity contribution in [3.8, 4) is 0 Å². The predicted molar refractivity (Wildman–Crippen MR) is 132 cm³/mol. The fourth-order valence-electron chi connectivity index (χ4n) is 4.16. The van der Waals surface area contributed by atoms with E-state index in [1.165, 1.54) is 6.20 Å². The Morgan fingerprint density at radius 1 is 1.24 bits per heavy atom. The van der Waals surface area contributed by atoms with Gasteiger partial charge in [0, 0.05) is 39.3 Å². The smallest absolute Gasteiger partial charge is 0.261 e. The van der Waals surface area contributed by atoms with Crippen molar-refractivity contribution in [2.24, 2.45) is 0 Å². The summed E-state index contributed by atoms with van der Waals surface area (Å²) in [4.78, 5) is 19.8. The van der Waals surface area contributed by atoms with E-state index in [0.29, 0.717) is 43.5 Å². The Hall–Kier alpha value is -2.69. The molecule has 3 heterocycles. The number of ether oxygens (including phenoxy) is 1. The first-order valence-corrected chi connectivity index (χ1v) is 13.3. The second kappa shape index (κ2) is 10.7. The summed E-state index contributed by atoms with van der Waals surface area (Å²) < 4.78 is 34.1. The average molecular weight is 488 g/mol. The number of pyridine rings is 1. The summed E-state index contributed by atoms with van der Waals surface area (Å²) >= 11 is 0. The predicted octanol–water partition coefficient (Wildman–Crippen LogP) is 2.32. The van der Waals surface area contributed by atoms with E-state index < -0.39 is 10.0 Å². The minimum atomic E-state index is -3.83. The summed E-state index contributed by atoms with van der Waals surface area (Å²) in [6.07, 6.45) is 3.38. The number of nitrogens with one attached hydrogen (secondary N) is 3. The zero-order valence-electron chi connectivity index (χ0n) is 19.7. The second-order valence-electron chi connectivity index (χ2n) is 9.01. The monoisotopic (exact) mass is 487 g/mol. The summed E-state index contributed by atoms with van der Waals surface area (Å²) in [5.74, 6) is 0.566. The minimum absolute atomic E-state index is 0.00930. The number of rotatable bonds is 8. The third kappa shape index (κ3) is 5.86. The van der Waals surface area contributed by atoms with Crippen LogP contribution in [0.25, 0.3) is 0 Å². The quantitative estimate of drug-likeness (QED) is 0.524. The van der Waals surface area contributed by atoms with E-state index in [1.807, 2.05) is 17.0 Å². The molecule has 1 atom stereocenters. The van der Waals surface area contributed by atoms with Crippen LogP contribution in [0, 0.1) is 0 Å². The van der Waals surface area contributed by atoms with Crippen molar-refractivity contribution < 1.29 is 17.9 Å². The zero-order chi connectivity index (χ0) is 24.1. The van der Waals surface area contributed by atoms with E-state index in [2.05, 4.69) is 34.2 Å². The molecule has 1 amide bonds. The van der Waals surface area contributed by atoms with Crippen LogP contribution in [0.15, 0.2) is 41.4 Å². The maximum Gasteiger partial charge on any atom is 0.261 e. The molecule has 0 unspecified atom stereocenters. The molecule has 2 saturated heterocycles. The van der Waals surface area contributed by atoms with Crippen LogP contribution in [0.1, 0.15) is 48.5 Å². The highest BCUT2D eigenvalue weighted by Gasteiger charge is 2.24. The molecule has 0 radical (unpaired) electrons. The number of amides is 1. The van der Waals surface area contributed by atoms with Crippen molar-refractivity contribution in [2.45, 2.75) is 43.6 Å². The minimum Gasteiger partial charge on any atom is -0.376 e. The van der Waals surface area contributed by atoms with Gasteiger partial charge in [0.25, 0.3) is 15.9 Å². The van der Waals surface area contributed by atoms with E-state index in [1.54, 1.807) is 18.2 Å². The van der Waals surface area contributed by atoms with Crippen LogP contribution < -0.4 is 20.3 Å².